The number of urea groups is 1. The Morgan fingerprint density at radius 2 is 2.04 bits per heavy atom. The average molecular weight is 419 g/mol. The van der Waals surface area contributed by atoms with Crippen LogP contribution in [0.3, 0.4) is 0 Å². The summed E-state index contributed by atoms with van der Waals surface area (Å²) in [6.07, 6.45) is 5.44. The molecule has 1 aliphatic carbocycles. The SMILES string of the molecule is O=C(Nc1nc2c(s1)CN(C(=O)Cc1ccccc1Cl)CC2)NC1CCCC1. The summed E-state index contributed by atoms with van der Waals surface area (Å²) < 4.78 is 0. The van der Waals surface area contributed by atoms with E-state index in [4.69, 9.17) is 11.6 Å². The predicted octanol–water partition coefficient (Wildman–Crippen LogP) is 3.99. The Bertz CT molecular complexity index is 879. The van der Waals surface area contributed by atoms with E-state index >= 15 is 0 Å². The highest BCUT2D eigenvalue weighted by Crippen LogP contribution is 2.29. The second-order valence-electron chi connectivity index (χ2n) is 7.30. The zero-order valence-electron chi connectivity index (χ0n) is 15.5. The second kappa shape index (κ2) is 8.49. The quantitative estimate of drug-likeness (QED) is 0.788. The lowest BCUT2D eigenvalue weighted by atomic mass is 10.1. The summed E-state index contributed by atoms with van der Waals surface area (Å²) in [6, 6.07) is 7.51. The topological polar surface area (TPSA) is 74.3 Å². The van der Waals surface area contributed by atoms with E-state index in [1.165, 1.54) is 24.2 Å². The maximum atomic E-state index is 12.7. The molecule has 0 radical (unpaired) electrons. The van der Waals surface area contributed by atoms with Crippen molar-refractivity contribution in [2.24, 2.45) is 0 Å². The number of thiazole rings is 1. The Morgan fingerprint density at radius 1 is 1.25 bits per heavy atom. The molecule has 0 saturated heterocycles. The molecule has 0 atom stereocenters. The molecular formula is C20H23ClN4O2S. The van der Waals surface area contributed by atoms with Crippen LogP contribution in [0.4, 0.5) is 9.93 Å². The van der Waals surface area contributed by atoms with E-state index in [0.29, 0.717) is 36.1 Å². The summed E-state index contributed by atoms with van der Waals surface area (Å²) in [6.45, 7) is 1.16. The lowest BCUT2D eigenvalue weighted by Gasteiger charge is -2.26. The summed E-state index contributed by atoms with van der Waals surface area (Å²) in [7, 11) is 0. The number of hydrogen-bond acceptors (Lipinski definition) is 4. The van der Waals surface area contributed by atoms with Gasteiger partial charge < -0.3 is 10.2 Å². The van der Waals surface area contributed by atoms with Crippen molar-refractivity contribution >= 4 is 40.0 Å². The molecule has 0 spiro atoms. The maximum absolute atomic E-state index is 12.7. The van der Waals surface area contributed by atoms with Crippen LogP contribution in [0.5, 0.6) is 0 Å². The predicted molar refractivity (Wildman–Crippen MR) is 111 cm³/mol. The molecule has 148 valence electrons. The molecule has 8 heteroatoms. The number of benzene rings is 1. The van der Waals surface area contributed by atoms with Crippen molar-refractivity contribution in [3.8, 4) is 0 Å². The molecular weight excluding hydrogens is 396 g/mol. The van der Waals surface area contributed by atoms with Gasteiger partial charge in [0.05, 0.1) is 18.7 Å². The van der Waals surface area contributed by atoms with Gasteiger partial charge in [0.1, 0.15) is 0 Å². The molecule has 0 unspecified atom stereocenters. The number of amides is 3. The van der Waals surface area contributed by atoms with E-state index in [1.54, 1.807) is 6.07 Å². The fourth-order valence-corrected chi connectivity index (χ4v) is 4.99. The number of aromatic nitrogens is 1. The number of fused-ring (bicyclic) bond motifs is 1. The van der Waals surface area contributed by atoms with E-state index < -0.39 is 0 Å². The first-order chi connectivity index (χ1) is 13.6. The van der Waals surface area contributed by atoms with Crippen LogP contribution >= 0.6 is 22.9 Å². The van der Waals surface area contributed by atoms with Crippen molar-refractivity contribution < 1.29 is 9.59 Å². The van der Waals surface area contributed by atoms with Crippen LogP contribution in [-0.2, 0) is 24.2 Å². The Balaban J connectivity index is 1.35. The van der Waals surface area contributed by atoms with E-state index in [1.807, 2.05) is 23.1 Å². The zero-order valence-corrected chi connectivity index (χ0v) is 17.1. The number of carbonyl (C=O) groups excluding carboxylic acids is 2. The van der Waals surface area contributed by atoms with Crippen LogP contribution in [0.25, 0.3) is 0 Å². The normalized spacial score (nSPS) is 16.7. The number of carbonyl (C=O) groups is 2. The summed E-state index contributed by atoms with van der Waals surface area (Å²) in [5.41, 5.74) is 1.82. The van der Waals surface area contributed by atoms with Crippen LogP contribution in [-0.4, -0.2) is 34.4 Å². The Hall–Kier alpha value is -2.12. The minimum absolute atomic E-state index is 0.0561. The summed E-state index contributed by atoms with van der Waals surface area (Å²) in [5.74, 6) is 0.0561. The molecule has 6 nitrogen and oxygen atoms in total. The van der Waals surface area contributed by atoms with Crippen LogP contribution in [0.2, 0.25) is 5.02 Å². The van der Waals surface area contributed by atoms with Gasteiger partial charge in [-0.1, -0.05) is 54.0 Å². The maximum Gasteiger partial charge on any atom is 0.321 e. The van der Waals surface area contributed by atoms with E-state index in [9.17, 15) is 9.59 Å². The molecule has 2 aliphatic rings. The first-order valence-corrected chi connectivity index (χ1v) is 10.8. The number of rotatable bonds is 4. The standard InChI is InChI=1S/C20H23ClN4O2S/c21-15-8-4-1-5-13(15)11-18(26)25-10-9-16-17(12-25)28-20(23-16)24-19(27)22-14-6-2-3-7-14/h1,4-5,8,14H,2-3,6-7,9-12H2,(H2,22,23,24,27). The molecule has 0 bridgehead atoms. The highest BCUT2D eigenvalue weighted by molar-refractivity contribution is 7.15. The Labute approximate surface area is 173 Å². The highest BCUT2D eigenvalue weighted by atomic mass is 35.5. The number of hydrogen-bond donors (Lipinski definition) is 2. The van der Waals surface area contributed by atoms with Crippen molar-refractivity contribution in [3.63, 3.8) is 0 Å². The molecule has 1 fully saturated rings. The van der Waals surface area contributed by atoms with Gasteiger partial charge in [0.2, 0.25) is 5.91 Å². The smallest absolute Gasteiger partial charge is 0.321 e. The first kappa shape index (κ1) is 19.2. The van der Waals surface area contributed by atoms with Crippen LogP contribution in [0.15, 0.2) is 24.3 Å². The third-order valence-electron chi connectivity index (χ3n) is 5.29. The minimum Gasteiger partial charge on any atom is -0.337 e. The van der Waals surface area contributed by atoms with Gasteiger partial charge in [-0.2, -0.15) is 0 Å². The van der Waals surface area contributed by atoms with Gasteiger partial charge in [0.25, 0.3) is 0 Å². The van der Waals surface area contributed by atoms with Crippen LogP contribution < -0.4 is 10.6 Å². The van der Waals surface area contributed by atoms with Crippen LogP contribution in [0, 0.1) is 0 Å². The summed E-state index contributed by atoms with van der Waals surface area (Å²) >= 11 is 7.63. The van der Waals surface area contributed by atoms with Gasteiger partial charge in [-0.3, -0.25) is 10.1 Å². The Kier molecular flexibility index (Phi) is 5.82. The van der Waals surface area contributed by atoms with Crippen molar-refractivity contribution in [2.75, 3.05) is 11.9 Å². The molecule has 2 N–H and O–H groups in total. The molecule has 3 amide bonds. The van der Waals surface area contributed by atoms with Crippen molar-refractivity contribution in [1.29, 1.82) is 0 Å². The zero-order chi connectivity index (χ0) is 19.5. The van der Waals surface area contributed by atoms with Gasteiger partial charge in [0, 0.05) is 28.9 Å². The van der Waals surface area contributed by atoms with Gasteiger partial charge in [-0.05, 0) is 24.5 Å². The van der Waals surface area contributed by atoms with E-state index in [0.717, 1.165) is 29.0 Å². The molecule has 2 aromatic rings. The number of anilines is 1. The van der Waals surface area contributed by atoms with Crippen molar-refractivity contribution in [3.05, 3.63) is 45.4 Å². The van der Waals surface area contributed by atoms with Gasteiger partial charge in [0.15, 0.2) is 5.13 Å². The number of nitrogens with one attached hydrogen (secondary N) is 2. The van der Waals surface area contributed by atoms with Gasteiger partial charge in [-0.25, -0.2) is 9.78 Å². The summed E-state index contributed by atoms with van der Waals surface area (Å²) in [5, 5.41) is 7.08. The highest BCUT2D eigenvalue weighted by Gasteiger charge is 2.25. The molecule has 1 aromatic heterocycles. The monoisotopic (exact) mass is 418 g/mol. The van der Waals surface area contributed by atoms with E-state index in [2.05, 4.69) is 15.6 Å². The van der Waals surface area contributed by atoms with E-state index in [-0.39, 0.29) is 18.0 Å². The summed E-state index contributed by atoms with van der Waals surface area (Å²) in [4.78, 5) is 32.3. The molecule has 2 heterocycles. The van der Waals surface area contributed by atoms with Crippen molar-refractivity contribution in [1.82, 2.24) is 15.2 Å². The lowest BCUT2D eigenvalue weighted by molar-refractivity contribution is -0.131. The lowest BCUT2D eigenvalue weighted by Crippen LogP contribution is -2.36. The Morgan fingerprint density at radius 3 is 2.82 bits per heavy atom. The molecule has 1 aliphatic heterocycles. The largest absolute Gasteiger partial charge is 0.337 e. The third kappa shape index (κ3) is 4.47. The molecule has 28 heavy (non-hydrogen) atoms. The number of nitrogens with zero attached hydrogens (tertiary/aromatic N) is 2. The van der Waals surface area contributed by atoms with Gasteiger partial charge >= 0.3 is 6.03 Å². The fourth-order valence-electron chi connectivity index (χ4n) is 3.77. The van der Waals surface area contributed by atoms with Crippen LogP contribution in [0.1, 0.15) is 41.8 Å². The van der Waals surface area contributed by atoms with Crippen molar-refractivity contribution in [2.45, 2.75) is 51.1 Å². The molecule has 1 saturated carbocycles. The van der Waals surface area contributed by atoms with Gasteiger partial charge in [-0.15, -0.1) is 0 Å². The number of halogens is 1. The first-order valence-electron chi connectivity index (χ1n) is 9.66. The fraction of sp³-hybridized carbons (Fsp3) is 0.450. The average Bonchev–Trinajstić information content (AvgIpc) is 3.31. The molecule has 1 aromatic carbocycles. The minimum atomic E-state index is -0.190. The third-order valence-corrected chi connectivity index (χ3v) is 6.66. The second-order valence-corrected chi connectivity index (χ2v) is 8.79. The molecule has 4 rings (SSSR count).